The van der Waals surface area contributed by atoms with E-state index in [0.717, 1.165) is 12.1 Å². The molecule has 2 rings (SSSR count). The maximum absolute atomic E-state index is 12.2. The number of nitrogens with two attached hydrogens (primary N) is 1. The topological polar surface area (TPSA) is 146 Å². The lowest BCUT2D eigenvalue weighted by Gasteiger charge is -2.14. The van der Waals surface area contributed by atoms with Crippen LogP contribution >= 0.6 is 0 Å². The quantitative estimate of drug-likeness (QED) is 0.178. The standard InChI is InChI=1S/C26H29N5O4.CH4/c1-18(2)16-28-17-24(32)29-22-13-9-20(10-14-22)6-4-3-5-19-7-11-21(12-8-19)25(33)30-23(15-27)26(34)31-35;/h7-14,18,23,28,35H,15-17,27H2,1-2H3,(H,29,32)(H,30,33)(H,31,34);1H4/t23-;/m0./s1. The van der Waals surface area contributed by atoms with E-state index in [4.69, 9.17) is 10.9 Å². The third kappa shape index (κ3) is 10.4. The molecule has 9 heteroatoms. The van der Waals surface area contributed by atoms with E-state index in [1.165, 1.54) is 5.48 Å². The van der Waals surface area contributed by atoms with Gasteiger partial charge in [0.15, 0.2) is 0 Å². The molecule has 0 aliphatic heterocycles. The predicted octanol–water partition coefficient (Wildman–Crippen LogP) is 1.47. The summed E-state index contributed by atoms with van der Waals surface area (Å²) in [6.45, 7) is 5.04. The maximum Gasteiger partial charge on any atom is 0.267 e. The summed E-state index contributed by atoms with van der Waals surface area (Å²) in [7, 11) is 0. The van der Waals surface area contributed by atoms with Gasteiger partial charge in [-0.1, -0.05) is 33.1 Å². The van der Waals surface area contributed by atoms with Crippen LogP contribution in [0.3, 0.4) is 0 Å². The second-order valence-corrected chi connectivity index (χ2v) is 7.97. The van der Waals surface area contributed by atoms with Crippen molar-refractivity contribution in [1.29, 1.82) is 0 Å². The number of hydrogen-bond acceptors (Lipinski definition) is 6. The number of hydrogen-bond donors (Lipinski definition) is 6. The normalized spacial score (nSPS) is 10.5. The molecule has 0 saturated heterocycles. The highest BCUT2D eigenvalue weighted by Crippen LogP contribution is 2.08. The van der Waals surface area contributed by atoms with Crippen molar-refractivity contribution in [2.75, 3.05) is 25.0 Å². The molecule has 2 aromatic rings. The summed E-state index contributed by atoms with van der Waals surface area (Å²) >= 11 is 0. The van der Waals surface area contributed by atoms with Crippen LogP contribution in [0.1, 0.15) is 42.8 Å². The van der Waals surface area contributed by atoms with E-state index in [9.17, 15) is 14.4 Å². The van der Waals surface area contributed by atoms with Crippen LogP contribution in [0.2, 0.25) is 0 Å². The van der Waals surface area contributed by atoms with Crippen LogP contribution in [0.25, 0.3) is 0 Å². The van der Waals surface area contributed by atoms with Gasteiger partial charge in [-0.3, -0.25) is 19.6 Å². The molecule has 190 valence electrons. The third-order valence-corrected chi connectivity index (χ3v) is 4.60. The highest BCUT2D eigenvalue weighted by molar-refractivity contribution is 5.97. The second kappa shape index (κ2) is 15.7. The van der Waals surface area contributed by atoms with Crippen LogP contribution in [0.4, 0.5) is 5.69 Å². The Labute approximate surface area is 212 Å². The van der Waals surface area contributed by atoms with Gasteiger partial charge in [-0.25, -0.2) is 5.48 Å². The fourth-order valence-corrected chi connectivity index (χ4v) is 2.78. The fraction of sp³-hybridized carbons (Fsp3) is 0.296. The Hall–Kier alpha value is -4.15. The Bertz CT molecular complexity index is 1140. The van der Waals surface area contributed by atoms with Crippen LogP contribution in [-0.4, -0.2) is 48.6 Å². The molecule has 7 N–H and O–H groups in total. The Morgan fingerprint density at radius 2 is 1.50 bits per heavy atom. The van der Waals surface area contributed by atoms with Gasteiger partial charge < -0.3 is 21.7 Å². The molecule has 0 aliphatic carbocycles. The average molecular weight is 492 g/mol. The molecule has 0 aromatic heterocycles. The molecule has 2 aromatic carbocycles. The lowest BCUT2D eigenvalue weighted by atomic mass is 10.1. The van der Waals surface area contributed by atoms with Gasteiger partial charge in [-0.15, -0.1) is 0 Å². The molecule has 0 radical (unpaired) electrons. The number of hydroxylamine groups is 1. The molecule has 0 fully saturated rings. The van der Waals surface area contributed by atoms with E-state index >= 15 is 0 Å². The van der Waals surface area contributed by atoms with Crippen molar-refractivity contribution >= 4 is 23.4 Å². The molecule has 0 heterocycles. The fourth-order valence-electron chi connectivity index (χ4n) is 2.78. The van der Waals surface area contributed by atoms with E-state index < -0.39 is 17.9 Å². The first-order valence-electron chi connectivity index (χ1n) is 11.0. The maximum atomic E-state index is 12.2. The molecule has 0 unspecified atom stereocenters. The Morgan fingerprint density at radius 3 is 2.00 bits per heavy atom. The minimum atomic E-state index is -1.04. The molecule has 0 saturated carbocycles. The van der Waals surface area contributed by atoms with Gasteiger partial charge in [0, 0.05) is 28.9 Å². The highest BCUT2D eigenvalue weighted by atomic mass is 16.5. The number of benzene rings is 2. The van der Waals surface area contributed by atoms with E-state index in [1.807, 2.05) is 0 Å². The minimum absolute atomic E-state index is 0. The third-order valence-electron chi connectivity index (χ3n) is 4.60. The van der Waals surface area contributed by atoms with Gasteiger partial charge in [0.25, 0.3) is 11.8 Å². The van der Waals surface area contributed by atoms with Crippen LogP contribution < -0.4 is 27.2 Å². The van der Waals surface area contributed by atoms with E-state index in [-0.39, 0.29) is 26.4 Å². The molecule has 0 aliphatic rings. The Kier molecular flexibility index (Phi) is 13.0. The summed E-state index contributed by atoms with van der Waals surface area (Å²) in [6.07, 6.45) is 0. The number of amides is 3. The monoisotopic (exact) mass is 491 g/mol. The number of rotatable bonds is 9. The molecule has 0 bridgehead atoms. The zero-order valence-electron chi connectivity index (χ0n) is 19.6. The van der Waals surface area contributed by atoms with Crippen LogP contribution in [0.5, 0.6) is 0 Å². The summed E-state index contributed by atoms with van der Waals surface area (Å²) in [6, 6.07) is 12.5. The van der Waals surface area contributed by atoms with Crippen molar-refractivity contribution in [3.63, 3.8) is 0 Å². The Morgan fingerprint density at radius 1 is 0.944 bits per heavy atom. The lowest BCUT2D eigenvalue weighted by Crippen LogP contribution is -2.50. The smallest absolute Gasteiger partial charge is 0.267 e. The number of nitrogens with one attached hydrogen (secondary N) is 4. The zero-order valence-corrected chi connectivity index (χ0v) is 19.6. The van der Waals surface area contributed by atoms with E-state index in [1.54, 1.807) is 48.5 Å². The van der Waals surface area contributed by atoms with Gasteiger partial charge >= 0.3 is 0 Å². The number of carbonyl (C=O) groups excluding carboxylic acids is 3. The van der Waals surface area contributed by atoms with Gasteiger partial charge in [0.1, 0.15) is 6.04 Å². The molecular weight excluding hydrogens is 458 g/mol. The molecule has 3 amide bonds. The SMILES string of the molecule is C.CC(C)CNCC(=O)Nc1ccc(C#CC#Cc2ccc(C(=O)N[C@@H](CN)C(=O)NO)cc2)cc1. The summed E-state index contributed by atoms with van der Waals surface area (Å²) in [5.41, 5.74) is 9.30. The van der Waals surface area contributed by atoms with Gasteiger partial charge in [-0.05, 0) is 72.8 Å². The average Bonchev–Trinajstić information content (AvgIpc) is 2.85. The molecule has 0 spiro atoms. The van der Waals surface area contributed by atoms with Crippen molar-refractivity contribution in [3.05, 3.63) is 65.2 Å². The summed E-state index contributed by atoms with van der Waals surface area (Å²) in [4.78, 5) is 35.5. The first-order valence-corrected chi connectivity index (χ1v) is 11.0. The minimum Gasteiger partial charge on any atom is -0.339 e. The van der Waals surface area contributed by atoms with Crippen LogP contribution in [0, 0.1) is 29.6 Å². The van der Waals surface area contributed by atoms with E-state index in [2.05, 4.69) is 53.5 Å². The van der Waals surface area contributed by atoms with Gasteiger partial charge in [-0.2, -0.15) is 0 Å². The van der Waals surface area contributed by atoms with Crippen LogP contribution in [-0.2, 0) is 9.59 Å². The first-order chi connectivity index (χ1) is 16.8. The molecule has 1 atom stereocenters. The van der Waals surface area contributed by atoms with Crippen molar-refractivity contribution in [1.82, 2.24) is 16.1 Å². The van der Waals surface area contributed by atoms with Crippen molar-refractivity contribution in [2.24, 2.45) is 11.7 Å². The Balaban J connectivity index is 0.00000648. The van der Waals surface area contributed by atoms with Crippen molar-refractivity contribution < 1.29 is 19.6 Å². The first kappa shape index (κ1) is 29.9. The van der Waals surface area contributed by atoms with E-state index in [0.29, 0.717) is 22.7 Å². The second-order valence-electron chi connectivity index (χ2n) is 7.97. The highest BCUT2D eigenvalue weighted by Gasteiger charge is 2.19. The zero-order chi connectivity index (χ0) is 25.6. The largest absolute Gasteiger partial charge is 0.339 e. The summed E-state index contributed by atoms with van der Waals surface area (Å²) in [5, 5.41) is 17.0. The predicted molar refractivity (Wildman–Crippen MR) is 140 cm³/mol. The molecule has 36 heavy (non-hydrogen) atoms. The lowest BCUT2D eigenvalue weighted by molar-refractivity contribution is -0.130. The number of anilines is 1. The summed E-state index contributed by atoms with van der Waals surface area (Å²) in [5.74, 6) is 10.4. The molecular formula is C27H33N5O4. The summed E-state index contributed by atoms with van der Waals surface area (Å²) < 4.78 is 0. The van der Waals surface area contributed by atoms with Crippen molar-refractivity contribution in [3.8, 4) is 23.7 Å². The molecule has 9 nitrogen and oxygen atoms in total. The van der Waals surface area contributed by atoms with Gasteiger partial charge in [0.2, 0.25) is 5.91 Å². The number of carbonyl (C=O) groups is 3. The van der Waals surface area contributed by atoms with Gasteiger partial charge in [0.05, 0.1) is 6.54 Å². The van der Waals surface area contributed by atoms with Crippen LogP contribution in [0.15, 0.2) is 48.5 Å². The van der Waals surface area contributed by atoms with Crippen molar-refractivity contribution in [2.45, 2.75) is 27.3 Å².